The van der Waals surface area contributed by atoms with E-state index in [4.69, 9.17) is 0 Å². The molecule has 0 fully saturated rings. The quantitative estimate of drug-likeness (QED) is 0.0951. The number of thiazole rings is 1. The number of rotatable bonds is 10. The highest BCUT2D eigenvalue weighted by molar-refractivity contribution is 7.99. The summed E-state index contributed by atoms with van der Waals surface area (Å²) in [6.07, 6.45) is 1.54. The summed E-state index contributed by atoms with van der Waals surface area (Å²) in [4.78, 5) is 45.9. The lowest BCUT2D eigenvalue weighted by atomic mass is 10.0. The number of aromatic amines is 1. The number of H-pyrrole nitrogens is 1. The van der Waals surface area contributed by atoms with Crippen LogP contribution in [0.5, 0.6) is 0 Å². The van der Waals surface area contributed by atoms with E-state index in [0.29, 0.717) is 12.1 Å². The molecule has 2 heterocycles. The van der Waals surface area contributed by atoms with Crippen LogP contribution >= 0.6 is 23.1 Å². The van der Waals surface area contributed by atoms with Crippen molar-refractivity contribution in [3.63, 3.8) is 0 Å². The Balaban J connectivity index is 1.19. The average molecular weight is 620 g/mol. The highest BCUT2D eigenvalue weighted by atomic mass is 32.2. The summed E-state index contributed by atoms with van der Waals surface area (Å²) in [5.41, 5.74) is 3.14. The molecule has 42 heavy (non-hydrogen) atoms. The molecule has 5 rings (SSSR count). The van der Waals surface area contributed by atoms with Gasteiger partial charge in [-0.3, -0.25) is 19.7 Å². The van der Waals surface area contributed by atoms with Crippen molar-refractivity contribution in [3.8, 4) is 11.1 Å². The van der Waals surface area contributed by atoms with Crippen molar-refractivity contribution in [2.24, 2.45) is 0 Å². The number of hydrogen-bond donors (Lipinski definition) is 2. The molecule has 0 unspecified atom stereocenters. The van der Waals surface area contributed by atoms with E-state index in [1.54, 1.807) is 0 Å². The van der Waals surface area contributed by atoms with E-state index in [1.165, 1.54) is 6.07 Å². The van der Waals surface area contributed by atoms with Crippen LogP contribution in [0.15, 0.2) is 110 Å². The van der Waals surface area contributed by atoms with Gasteiger partial charge in [-0.05, 0) is 28.8 Å². The van der Waals surface area contributed by atoms with Crippen molar-refractivity contribution >= 4 is 49.7 Å². The predicted molar refractivity (Wildman–Crippen MR) is 160 cm³/mol. The number of anilines is 1. The number of non-ortho nitro benzene ring substituents is 1. The molecule has 0 saturated carbocycles. The maximum absolute atomic E-state index is 12.8. The third-order valence-corrected chi connectivity index (χ3v) is 9.93. The molecule has 2 aromatic heterocycles. The van der Waals surface area contributed by atoms with Crippen LogP contribution in [-0.2, 0) is 21.1 Å². The van der Waals surface area contributed by atoms with Crippen molar-refractivity contribution in [3.05, 3.63) is 123 Å². The third kappa shape index (κ3) is 6.97. The monoisotopic (exact) mass is 619 g/mol. The van der Waals surface area contributed by atoms with Gasteiger partial charge in [0.15, 0.2) is 10.3 Å². The lowest BCUT2D eigenvalue weighted by Gasteiger charge is -2.06. The largest absolute Gasteiger partial charge is 0.301 e. The number of thioether (sulfide) groups is 1. The maximum atomic E-state index is 12.8. The van der Waals surface area contributed by atoms with E-state index >= 15 is 0 Å². The topological polar surface area (TPSA) is 165 Å². The Morgan fingerprint density at radius 1 is 1.00 bits per heavy atom. The molecular formula is C28H21N5O6S3. The zero-order chi connectivity index (χ0) is 29.7. The van der Waals surface area contributed by atoms with Gasteiger partial charge in [0, 0.05) is 24.6 Å². The van der Waals surface area contributed by atoms with E-state index in [0.717, 1.165) is 70.3 Å². The van der Waals surface area contributed by atoms with E-state index in [2.05, 4.69) is 20.3 Å². The van der Waals surface area contributed by atoms with Gasteiger partial charge in [-0.2, -0.15) is 0 Å². The molecule has 0 aliphatic heterocycles. The fourth-order valence-corrected chi connectivity index (χ4v) is 7.03. The van der Waals surface area contributed by atoms with Crippen molar-refractivity contribution in [1.29, 1.82) is 0 Å². The van der Waals surface area contributed by atoms with Crippen LogP contribution in [-0.4, -0.2) is 40.0 Å². The number of sulfone groups is 1. The van der Waals surface area contributed by atoms with Gasteiger partial charge in [-0.15, -0.1) is 0 Å². The molecule has 0 spiro atoms. The normalized spacial score (nSPS) is 11.2. The smallest absolute Gasteiger partial charge is 0.269 e. The molecule has 0 atom stereocenters. The summed E-state index contributed by atoms with van der Waals surface area (Å²) >= 11 is 1.78. The van der Waals surface area contributed by atoms with Gasteiger partial charge in [0.05, 0.1) is 27.5 Å². The van der Waals surface area contributed by atoms with E-state index in [-0.39, 0.29) is 36.4 Å². The van der Waals surface area contributed by atoms with Crippen LogP contribution in [0.25, 0.3) is 11.1 Å². The van der Waals surface area contributed by atoms with Gasteiger partial charge >= 0.3 is 0 Å². The number of aromatic nitrogens is 3. The lowest BCUT2D eigenvalue weighted by Crippen LogP contribution is -2.15. The first-order valence-electron chi connectivity index (χ1n) is 12.3. The summed E-state index contributed by atoms with van der Waals surface area (Å²) in [6.45, 7) is 0. The first-order valence-corrected chi connectivity index (χ1v) is 15.6. The minimum atomic E-state index is -3.98. The van der Waals surface area contributed by atoms with Crippen LogP contribution in [0.4, 0.5) is 10.8 Å². The number of carbonyl (C=O) groups is 1. The molecule has 0 bridgehead atoms. The Morgan fingerprint density at radius 2 is 1.69 bits per heavy atom. The van der Waals surface area contributed by atoms with Gasteiger partial charge in [-0.25, -0.2) is 18.4 Å². The fraction of sp³-hybridized carbons (Fsp3) is 0.0714. The number of hydrogen-bond acceptors (Lipinski definition) is 10. The predicted octanol–water partition coefficient (Wildman–Crippen LogP) is 4.96. The Labute approximate surface area is 247 Å². The number of carbonyl (C=O) groups excluding carboxylic acids is 1. The molecule has 11 nitrogen and oxygen atoms in total. The average Bonchev–Trinajstić information content (AvgIpc) is 3.46. The van der Waals surface area contributed by atoms with Crippen LogP contribution in [0.2, 0.25) is 0 Å². The van der Waals surface area contributed by atoms with Gasteiger partial charge in [0.1, 0.15) is 4.21 Å². The standard InChI is InChI=1S/C28H21N5O6S3/c34-24-15-21(14-18-6-8-20(9-7-18)19-4-2-1-3-5-19)30-28(31-24)40-17-25(35)32-27-29-16-26(41-27)42(38,39)23-12-10-22(11-13-23)33(36)37/h1-13,15-16H,14,17H2,(H,29,32,35)(H,30,31,34). The molecule has 212 valence electrons. The molecule has 0 saturated heterocycles. The number of nitrogens with one attached hydrogen (secondary N) is 2. The van der Waals surface area contributed by atoms with Crippen LogP contribution in [0, 0.1) is 10.1 Å². The number of nitrogens with zero attached hydrogens (tertiary/aromatic N) is 3. The number of nitro benzene ring substituents is 1. The van der Waals surface area contributed by atoms with Gasteiger partial charge in [0.25, 0.3) is 11.2 Å². The van der Waals surface area contributed by atoms with Crippen molar-refractivity contribution in [2.45, 2.75) is 20.7 Å². The van der Waals surface area contributed by atoms with Crippen molar-refractivity contribution in [1.82, 2.24) is 15.0 Å². The molecule has 0 aliphatic rings. The zero-order valence-corrected chi connectivity index (χ0v) is 24.0. The molecule has 0 radical (unpaired) electrons. The summed E-state index contributed by atoms with van der Waals surface area (Å²) in [6, 6.07) is 23.9. The molecular weight excluding hydrogens is 599 g/mol. The second-order valence-corrected chi connectivity index (χ2v) is 13.0. The highest BCUT2D eigenvalue weighted by Gasteiger charge is 2.22. The van der Waals surface area contributed by atoms with E-state index < -0.39 is 20.7 Å². The first-order chi connectivity index (χ1) is 20.2. The lowest BCUT2D eigenvalue weighted by molar-refractivity contribution is -0.384. The highest BCUT2D eigenvalue weighted by Crippen LogP contribution is 2.29. The minimum Gasteiger partial charge on any atom is -0.301 e. The molecule has 2 N–H and O–H groups in total. The Morgan fingerprint density at radius 3 is 2.38 bits per heavy atom. The minimum absolute atomic E-state index is 0.0650. The van der Waals surface area contributed by atoms with E-state index in [1.807, 2.05) is 54.6 Å². The summed E-state index contributed by atoms with van der Waals surface area (Å²) in [7, 11) is -3.98. The first kappa shape index (κ1) is 28.9. The fourth-order valence-electron chi connectivity index (χ4n) is 3.89. The van der Waals surface area contributed by atoms with Gasteiger partial charge in [0.2, 0.25) is 15.7 Å². The Hall–Kier alpha value is -4.66. The van der Waals surface area contributed by atoms with Crippen LogP contribution < -0.4 is 10.9 Å². The van der Waals surface area contributed by atoms with Crippen LogP contribution in [0.3, 0.4) is 0 Å². The number of nitro groups is 1. The zero-order valence-electron chi connectivity index (χ0n) is 21.6. The second kappa shape index (κ2) is 12.5. The van der Waals surface area contributed by atoms with E-state index in [9.17, 15) is 28.1 Å². The maximum Gasteiger partial charge on any atom is 0.269 e. The molecule has 14 heteroatoms. The molecule has 3 aromatic carbocycles. The number of benzene rings is 3. The summed E-state index contributed by atoms with van der Waals surface area (Å²) < 4.78 is 25.6. The third-order valence-electron chi connectivity index (χ3n) is 5.91. The van der Waals surface area contributed by atoms with Gasteiger partial charge < -0.3 is 10.3 Å². The van der Waals surface area contributed by atoms with Crippen molar-refractivity contribution in [2.75, 3.05) is 11.1 Å². The molecule has 0 aliphatic carbocycles. The Bertz CT molecular complexity index is 1910. The molecule has 1 amide bonds. The molecule has 5 aromatic rings. The number of amides is 1. The Kier molecular flexibility index (Phi) is 8.56. The van der Waals surface area contributed by atoms with Gasteiger partial charge in [-0.1, -0.05) is 77.7 Å². The summed E-state index contributed by atoms with van der Waals surface area (Å²) in [5.74, 6) is -0.583. The van der Waals surface area contributed by atoms with Crippen LogP contribution in [0.1, 0.15) is 11.3 Å². The van der Waals surface area contributed by atoms with Crippen molar-refractivity contribution < 1.29 is 18.1 Å². The second-order valence-electron chi connectivity index (χ2n) is 8.86. The summed E-state index contributed by atoms with van der Waals surface area (Å²) in [5, 5.41) is 13.7. The SMILES string of the molecule is O=C(CSc1nc(Cc2ccc(-c3ccccc3)cc2)cc(=O)[nH]1)Nc1ncc(S(=O)(=O)c2ccc([N+](=O)[O-])cc2)s1.